The Morgan fingerprint density at radius 3 is 2.27 bits per heavy atom. The molecule has 144 valence electrons. The van der Waals surface area contributed by atoms with Gasteiger partial charge in [0.05, 0.1) is 16.4 Å². The van der Waals surface area contributed by atoms with E-state index in [0.29, 0.717) is 24.5 Å². The minimum absolute atomic E-state index is 0.0731. The number of carbonyl (C=O) groups excluding carboxylic acids is 1. The van der Waals surface area contributed by atoms with Crippen molar-refractivity contribution in [1.29, 1.82) is 0 Å². The lowest BCUT2D eigenvalue weighted by molar-refractivity contribution is -0.133. The Kier molecular flexibility index (Phi) is 5.62. The van der Waals surface area contributed by atoms with Crippen LogP contribution in [0.15, 0.2) is 29.2 Å². The van der Waals surface area contributed by atoms with Crippen molar-refractivity contribution in [2.75, 3.05) is 37.7 Å². The van der Waals surface area contributed by atoms with E-state index in [4.69, 9.17) is 11.6 Å². The van der Waals surface area contributed by atoms with Crippen LogP contribution in [-0.4, -0.2) is 69.6 Å². The summed E-state index contributed by atoms with van der Waals surface area (Å²) in [6.45, 7) is 1.07. The molecule has 0 saturated carbocycles. The second-order valence-electron chi connectivity index (χ2n) is 6.71. The number of sulfonamides is 1. The molecule has 10 heteroatoms. The van der Waals surface area contributed by atoms with Gasteiger partial charge in [-0.2, -0.15) is 4.31 Å². The van der Waals surface area contributed by atoms with Crippen molar-refractivity contribution in [3.05, 3.63) is 29.3 Å². The molecular weight excluding hydrogens is 400 g/mol. The molecule has 1 atom stereocenters. The molecule has 0 radical (unpaired) electrons. The maximum atomic E-state index is 12.6. The molecule has 0 aliphatic carbocycles. The molecule has 0 unspecified atom stereocenters. The third-order valence-corrected chi connectivity index (χ3v) is 8.83. The fraction of sp³-hybridized carbons (Fsp3) is 0.562. The van der Waals surface area contributed by atoms with E-state index in [1.807, 2.05) is 0 Å². The average Bonchev–Trinajstić information content (AvgIpc) is 2.94. The zero-order chi connectivity index (χ0) is 18.9. The van der Waals surface area contributed by atoms with Gasteiger partial charge in [-0.1, -0.05) is 11.6 Å². The number of sulfone groups is 1. The Morgan fingerprint density at radius 1 is 1.12 bits per heavy atom. The summed E-state index contributed by atoms with van der Waals surface area (Å²) in [5.74, 6) is 0.000744. The summed E-state index contributed by atoms with van der Waals surface area (Å²) in [7, 11) is -6.61. The normalized spacial score (nSPS) is 23.9. The summed E-state index contributed by atoms with van der Waals surface area (Å²) < 4.78 is 49.6. The highest BCUT2D eigenvalue weighted by Gasteiger charge is 2.33. The zero-order valence-corrected chi connectivity index (χ0v) is 16.6. The van der Waals surface area contributed by atoms with Crippen molar-refractivity contribution in [2.24, 2.45) is 5.92 Å². The molecule has 0 spiro atoms. The van der Waals surface area contributed by atoms with Crippen LogP contribution in [0.5, 0.6) is 0 Å². The number of hydrogen-bond donors (Lipinski definition) is 0. The van der Waals surface area contributed by atoms with Gasteiger partial charge < -0.3 is 4.90 Å². The van der Waals surface area contributed by atoms with E-state index in [1.54, 1.807) is 4.90 Å². The standard InChI is InChI=1S/C16H21ClN2O5S2/c17-14-1-3-15(4-2-14)26(23,24)19-8-6-18(7-9-19)16(20)11-13-5-10-25(21,22)12-13/h1-4,13H,5-12H2/t13-/m1/s1. The third kappa shape index (κ3) is 4.39. The minimum atomic E-state index is -3.61. The molecule has 0 aromatic heterocycles. The lowest BCUT2D eigenvalue weighted by atomic mass is 10.0. The Morgan fingerprint density at radius 2 is 1.73 bits per heavy atom. The number of nitrogens with zero attached hydrogens (tertiary/aromatic N) is 2. The van der Waals surface area contributed by atoms with Crippen LogP contribution in [0.3, 0.4) is 0 Å². The highest BCUT2D eigenvalue weighted by Crippen LogP contribution is 2.24. The van der Waals surface area contributed by atoms with Crippen LogP contribution in [0.4, 0.5) is 0 Å². The number of halogens is 1. The lowest BCUT2D eigenvalue weighted by Gasteiger charge is -2.34. The Balaban J connectivity index is 1.57. The van der Waals surface area contributed by atoms with Crippen molar-refractivity contribution in [1.82, 2.24) is 9.21 Å². The molecule has 0 bridgehead atoms. The smallest absolute Gasteiger partial charge is 0.243 e. The van der Waals surface area contributed by atoms with Crippen LogP contribution in [-0.2, 0) is 24.7 Å². The summed E-state index contributed by atoms with van der Waals surface area (Å²) in [5, 5.41) is 0.466. The molecular formula is C16H21ClN2O5S2. The van der Waals surface area contributed by atoms with E-state index in [1.165, 1.54) is 28.6 Å². The van der Waals surface area contributed by atoms with Gasteiger partial charge in [-0.25, -0.2) is 16.8 Å². The van der Waals surface area contributed by atoms with Crippen molar-refractivity contribution < 1.29 is 21.6 Å². The molecule has 1 aromatic carbocycles. The van der Waals surface area contributed by atoms with Crippen molar-refractivity contribution in [2.45, 2.75) is 17.7 Å². The molecule has 2 aliphatic heterocycles. The predicted octanol–water partition coefficient (Wildman–Crippen LogP) is 0.998. The number of hydrogen-bond acceptors (Lipinski definition) is 5. The summed E-state index contributed by atoms with van der Waals surface area (Å²) in [6.07, 6.45) is 0.738. The Hall–Kier alpha value is -1.16. The van der Waals surface area contributed by atoms with Gasteiger partial charge in [-0.05, 0) is 36.6 Å². The van der Waals surface area contributed by atoms with Gasteiger partial charge in [0.2, 0.25) is 15.9 Å². The highest BCUT2D eigenvalue weighted by atomic mass is 35.5. The van der Waals surface area contributed by atoms with E-state index in [9.17, 15) is 21.6 Å². The van der Waals surface area contributed by atoms with Crippen LogP contribution in [0.25, 0.3) is 0 Å². The van der Waals surface area contributed by atoms with Crippen molar-refractivity contribution in [3.8, 4) is 0 Å². The monoisotopic (exact) mass is 420 g/mol. The first-order chi connectivity index (χ1) is 12.2. The average molecular weight is 421 g/mol. The second kappa shape index (κ2) is 7.46. The van der Waals surface area contributed by atoms with E-state index >= 15 is 0 Å². The van der Waals surface area contributed by atoms with E-state index < -0.39 is 19.9 Å². The van der Waals surface area contributed by atoms with Crippen LogP contribution in [0.1, 0.15) is 12.8 Å². The third-order valence-electron chi connectivity index (χ3n) is 4.83. The number of carbonyl (C=O) groups is 1. The summed E-state index contributed by atoms with van der Waals surface area (Å²) in [4.78, 5) is 14.2. The molecule has 26 heavy (non-hydrogen) atoms. The Bertz CT molecular complexity index is 876. The molecule has 2 aliphatic rings. The van der Waals surface area contributed by atoms with Gasteiger partial charge in [-0.3, -0.25) is 4.79 Å². The van der Waals surface area contributed by atoms with Crippen molar-refractivity contribution in [3.63, 3.8) is 0 Å². The van der Waals surface area contributed by atoms with Gasteiger partial charge in [0, 0.05) is 37.6 Å². The van der Waals surface area contributed by atoms with Gasteiger partial charge in [0.1, 0.15) is 0 Å². The fourth-order valence-corrected chi connectivity index (χ4v) is 6.75. The molecule has 1 amide bonds. The summed E-state index contributed by atoms with van der Waals surface area (Å²) >= 11 is 5.80. The van der Waals surface area contributed by atoms with E-state index in [-0.39, 0.29) is 47.7 Å². The van der Waals surface area contributed by atoms with Gasteiger partial charge >= 0.3 is 0 Å². The number of benzene rings is 1. The molecule has 3 rings (SSSR count). The summed E-state index contributed by atoms with van der Waals surface area (Å²) in [6, 6.07) is 6.00. The summed E-state index contributed by atoms with van der Waals surface area (Å²) in [5.41, 5.74) is 0. The predicted molar refractivity (Wildman–Crippen MR) is 98.2 cm³/mol. The molecule has 2 fully saturated rings. The van der Waals surface area contributed by atoms with E-state index in [2.05, 4.69) is 0 Å². The molecule has 0 N–H and O–H groups in total. The fourth-order valence-electron chi connectivity index (χ4n) is 3.34. The van der Waals surface area contributed by atoms with Gasteiger partial charge in [0.15, 0.2) is 9.84 Å². The first-order valence-electron chi connectivity index (χ1n) is 8.41. The maximum absolute atomic E-state index is 12.6. The molecule has 7 nitrogen and oxygen atoms in total. The minimum Gasteiger partial charge on any atom is -0.340 e. The molecule has 2 saturated heterocycles. The van der Waals surface area contributed by atoms with Crippen LogP contribution in [0.2, 0.25) is 5.02 Å². The second-order valence-corrected chi connectivity index (χ2v) is 11.3. The first-order valence-corrected chi connectivity index (χ1v) is 12.1. The highest BCUT2D eigenvalue weighted by molar-refractivity contribution is 7.91. The maximum Gasteiger partial charge on any atom is 0.243 e. The van der Waals surface area contributed by atoms with Crippen LogP contribution < -0.4 is 0 Å². The lowest BCUT2D eigenvalue weighted by Crippen LogP contribution is -2.50. The topological polar surface area (TPSA) is 91.8 Å². The number of rotatable bonds is 4. The van der Waals surface area contributed by atoms with Crippen LogP contribution in [0, 0.1) is 5.92 Å². The number of piperazine rings is 1. The quantitative estimate of drug-likeness (QED) is 0.724. The van der Waals surface area contributed by atoms with Crippen molar-refractivity contribution >= 4 is 37.4 Å². The molecule has 2 heterocycles. The van der Waals surface area contributed by atoms with Gasteiger partial charge in [-0.15, -0.1) is 0 Å². The van der Waals surface area contributed by atoms with Crippen LogP contribution >= 0.6 is 11.6 Å². The zero-order valence-electron chi connectivity index (χ0n) is 14.2. The first kappa shape index (κ1) is 19.6. The Labute approximate surface area is 158 Å². The van der Waals surface area contributed by atoms with Gasteiger partial charge in [0.25, 0.3) is 0 Å². The molecule has 1 aromatic rings. The number of amides is 1. The van der Waals surface area contributed by atoms with E-state index in [0.717, 1.165) is 0 Å². The SMILES string of the molecule is O=C(C[C@H]1CCS(=O)(=O)C1)N1CCN(S(=O)(=O)c2ccc(Cl)cc2)CC1. The largest absolute Gasteiger partial charge is 0.340 e.